The molecule has 0 radical (unpaired) electrons. The van der Waals surface area contributed by atoms with Crippen LogP contribution in [0.1, 0.15) is 12.0 Å². The maximum Gasteiger partial charge on any atom is 0.0361 e. The average Bonchev–Trinajstić information content (AvgIpc) is 2.55. The Morgan fingerprint density at radius 3 is 2.32 bits per heavy atom. The zero-order valence-corrected chi connectivity index (χ0v) is 14.9. The highest BCUT2D eigenvalue weighted by molar-refractivity contribution is 8.02. The molecule has 0 fully saturated rings. The van der Waals surface area contributed by atoms with Gasteiger partial charge in [0.15, 0.2) is 0 Å². The first kappa shape index (κ1) is 17.0. The van der Waals surface area contributed by atoms with Gasteiger partial charge in [0.2, 0.25) is 0 Å². The third kappa shape index (κ3) is 6.20. The van der Waals surface area contributed by atoms with Crippen molar-refractivity contribution in [2.75, 3.05) is 30.5 Å². The first-order chi connectivity index (χ1) is 10.8. The Kier molecular flexibility index (Phi) is 7.47. The lowest BCUT2D eigenvalue weighted by Crippen LogP contribution is -2.07. The molecule has 2 aromatic rings. The van der Waals surface area contributed by atoms with Crippen LogP contribution in [0.2, 0.25) is 0 Å². The summed E-state index contributed by atoms with van der Waals surface area (Å²) >= 11 is 3.83. The summed E-state index contributed by atoms with van der Waals surface area (Å²) in [4.78, 5) is 3.49. The molecule has 116 valence electrons. The van der Waals surface area contributed by atoms with Crippen molar-refractivity contribution in [2.24, 2.45) is 0 Å². The fraction of sp³-hybridized carbons (Fsp3) is 0.263. The van der Waals surface area contributed by atoms with Crippen molar-refractivity contribution in [1.29, 1.82) is 0 Å². The number of nitrogens with zero attached hydrogens (tertiary/aromatic N) is 1. The van der Waals surface area contributed by atoms with Crippen LogP contribution in [0.15, 0.2) is 64.9 Å². The molecule has 3 heteroatoms. The molecular formula is C19H23NS2. The molecule has 1 nitrogen and oxygen atoms in total. The molecule has 0 spiro atoms. The molecule has 2 rings (SSSR count). The van der Waals surface area contributed by atoms with E-state index in [2.05, 4.69) is 79.0 Å². The summed E-state index contributed by atoms with van der Waals surface area (Å²) in [7, 11) is 4.14. The van der Waals surface area contributed by atoms with Gasteiger partial charge in [-0.25, -0.2) is 0 Å². The summed E-state index contributed by atoms with van der Waals surface area (Å²) in [5.74, 6) is 2.35. The van der Waals surface area contributed by atoms with Crippen LogP contribution in [0.25, 0.3) is 6.08 Å². The molecule has 0 aromatic heterocycles. The first-order valence-electron chi connectivity index (χ1n) is 7.49. The Hall–Kier alpha value is -1.32. The largest absolute Gasteiger partial charge is 0.378 e. The van der Waals surface area contributed by atoms with Gasteiger partial charge in [-0.05, 0) is 59.2 Å². The zero-order chi connectivity index (χ0) is 15.6. The van der Waals surface area contributed by atoms with Crippen molar-refractivity contribution < 1.29 is 0 Å². The highest BCUT2D eigenvalue weighted by atomic mass is 32.2. The molecule has 0 unspecified atom stereocenters. The number of anilines is 1. The fourth-order valence-corrected chi connectivity index (χ4v) is 3.67. The zero-order valence-electron chi connectivity index (χ0n) is 13.2. The third-order valence-electron chi connectivity index (χ3n) is 3.18. The maximum atomic E-state index is 2.21. The van der Waals surface area contributed by atoms with Gasteiger partial charge in [0.25, 0.3) is 0 Å². The second kappa shape index (κ2) is 9.65. The minimum Gasteiger partial charge on any atom is -0.378 e. The van der Waals surface area contributed by atoms with Crippen LogP contribution in [0, 0.1) is 0 Å². The van der Waals surface area contributed by atoms with E-state index in [9.17, 15) is 0 Å². The topological polar surface area (TPSA) is 3.24 Å². The molecule has 0 aliphatic heterocycles. The van der Waals surface area contributed by atoms with E-state index >= 15 is 0 Å². The predicted molar refractivity (Wildman–Crippen MR) is 104 cm³/mol. The summed E-state index contributed by atoms with van der Waals surface area (Å²) < 4.78 is 0. The molecule has 22 heavy (non-hydrogen) atoms. The highest BCUT2D eigenvalue weighted by Gasteiger charge is 1.97. The molecule has 0 aliphatic carbocycles. The quantitative estimate of drug-likeness (QED) is 0.456. The van der Waals surface area contributed by atoms with Gasteiger partial charge in [0, 0.05) is 24.7 Å². The lowest BCUT2D eigenvalue weighted by Gasteiger charge is -2.12. The molecule has 0 heterocycles. The Labute approximate surface area is 142 Å². The van der Waals surface area contributed by atoms with Crippen molar-refractivity contribution in [3.05, 3.63) is 65.6 Å². The van der Waals surface area contributed by atoms with Crippen molar-refractivity contribution in [3.63, 3.8) is 0 Å². The van der Waals surface area contributed by atoms with Crippen LogP contribution < -0.4 is 4.90 Å². The number of benzene rings is 2. The van der Waals surface area contributed by atoms with Gasteiger partial charge in [0.1, 0.15) is 0 Å². The lowest BCUT2D eigenvalue weighted by atomic mass is 10.2. The van der Waals surface area contributed by atoms with E-state index in [1.807, 2.05) is 29.6 Å². The standard InChI is InChI=1S/C19H23NS2/c1-20(2)18-9-11-19(12-10-18)22-15-6-14-21-16-13-17-7-4-3-5-8-17/h3-5,7-13,16H,6,14-15H2,1-2H3/b16-13+. The normalized spacial score (nSPS) is 11.0. The van der Waals surface area contributed by atoms with Crippen LogP contribution in [0.5, 0.6) is 0 Å². The minimum absolute atomic E-state index is 1.17. The van der Waals surface area contributed by atoms with Gasteiger partial charge >= 0.3 is 0 Å². The summed E-state index contributed by atoms with van der Waals surface area (Å²) in [6.07, 6.45) is 3.40. The smallest absolute Gasteiger partial charge is 0.0361 e. The average molecular weight is 330 g/mol. The Morgan fingerprint density at radius 2 is 1.64 bits per heavy atom. The summed E-state index contributed by atoms with van der Waals surface area (Å²) in [5, 5.41) is 2.20. The maximum absolute atomic E-state index is 2.21. The number of thioether (sulfide) groups is 2. The van der Waals surface area contributed by atoms with E-state index in [0.717, 1.165) is 0 Å². The molecule has 0 saturated carbocycles. The Morgan fingerprint density at radius 1 is 0.909 bits per heavy atom. The van der Waals surface area contributed by atoms with E-state index in [1.54, 1.807) is 0 Å². The molecule has 2 aromatic carbocycles. The van der Waals surface area contributed by atoms with Crippen LogP contribution in [0.3, 0.4) is 0 Å². The Balaban J connectivity index is 1.60. The van der Waals surface area contributed by atoms with Gasteiger partial charge in [-0.2, -0.15) is 0 Å². The second-order valence-corrected chi connectivity index (χ2v) is 7.36. The van der Waals surface area contributed by atoms with Crippen LogP contribution in [-0.4, -0.2) is 25.6 Å². The van der Waals surface area contributed by atoms with Crippen molar-refractivity contribution in [3.8, 4) is 0 Å². The fourth-order valence-electron chi connectivity index (χ4n) is 1.93. The SMILES string of the molecule is CN(C)c1ccc(SCCCS/C=C/c2ccccc2)cc1. The van der Waals surface area contributed by atoms with E-state index in [4.69, 9.17) is 0 Å². The number of hydrogen-bond donors (Lipinski definition) is 0. The van der Waals surface area contributed by atoms with E-state index in [0.29, 0.717) is 0 Å². The van der Waals surface area contributed by atoms with Gasteiger partial charge in [-0.1, -0.05) is 30.3 Å². The third-order valence-corrected chi connectivity index (χ3v) is 5.14. The summed E-state index contributed by atoms with van der Waals surface area (Å²) in [6.45, 7) is 0. The van der Waals surface area contributed by atoms with Crippen LogP contribution in [-0.2, 0) is 0 Å². The minimum atomic E-state index is 1.17. The Bertz CT molecular complexity index is 562. The number of rotatable bonds is 8. The molecule has 0 N–H and O–H groups in total. The molecule has 0 atom stereocenters. The second-order valence-electron chi connectivity index (χ2n) is 5.17. The summed E-state index contributed by atoms with van der Waals surface area (Å²) in [5.41, 5.74) is 2.52. The van der Waals surface area contributed by atoms with Crippen molar-refractivity contribution in [2.45, 2.75) is 11.3 Å². The van der Waals surface area contributed by atoms with Gasteiger partial charge in [0.05, 0.1) is 0 Å². The van der Waals surface area contributed by atoms with Gasteiger partial charge < -0.3 is 4.90 Å². The van der Waals surface area contributed by atoms with Crippen molar-refractivity contribution in [1.82, 2.24) is 0 Å². The summed E-state index contributed by atoms with van der Waals surface area (Å²) in [6, 6.07) is 19.2. The van der Waals surface area contributed by atoms with Gasteiger partial charge in [-0.15, -0.1) is 23.5 Å². The van der Waals surface area contributed by atoms with Crippen LogP contribution >= 0.6 is 23.5 Å². The molecule has 0 aliphatic rings. The van der Waals surface area contributed by atoms with Crippen LogP contribution in [0.4, 0.5) is 5.69 Å². The molecular weight excluding hydrogens is 306 g/mol. The van der Waals surface area contributed by atoms with E-state index in [-0.39, 0.29) is 0 Å². The van der Waals surface area contributed by atoms with E-state index < -0.39 is 0 Å². The number of hydrogen-bond acceptors (Lipinski definition) is 3. The van der Waals surface area contributed by atoms with Gasteiger partial charge in [-0.3, -0.25) is 0 Å². The molecule has 0 bridgehead atoms. The predicted octanol–water partition coefficient (Wildman–Crippen LogP) is 5.64. The lowest BCUT2D eigenvalue weighted by molar-refractivity contribution is 1.12. The van der Waals surface area contributed by atoms with E-state index in [1.165, 1.54) is 34.1 Å². The first-order valence-corrected chi connectivity index (χ1v) is 9.52. The highest BCUT2D eigenvalue weighted by Crippen LogP contribution is 2.22. The molecule has 0 amide bonds. The molecule has 0 saturated heterocycles. The monoisotopic (exact) mass is 329 g/mol. The van der Waals surface area contributed by atoms with Crippen molar-refractivity contribution >= 4 is 35.3 Å².